The summed E-state index contributed by atoms with van der Waals surface area (Å²) < 4.78 is 16.1. The van der Waals surface area contributed by atoms with Crippen LogP contribution < -0.4 is 5.73 Å². The van der Waals surface area contributed by atoms with Crippen molar-refractivity contribution >= 4 is 27.5 Å². The zero-order valence-corrected chi connectivity index (χ0v) is 11.3. The van der Waals surface area contributed by atoms with Crippen molar-refractivity contribution in [3.05, 3.63) is 51.0 Å². The SMILES string of the molecule is Cn1nccc1C(N)c1ccc(Br)c(Cl)c1F. The standard InChI is InChI=1S/C11H10BrClFN3/c1-17-8(4-5-16-17)11(15)6-2-3-7(12)9(13)10(6)14/h2-5,11H,15H2,1H3. The van der Waals surface area contributed by atoms with Crippen LogP contribution in [0, 0.1) is 5.82 Å². The van der Waals surface area contributed by atoms with Crippen LogP contribution >= 0.6 is 27.5 Å². The Hall–Kier alpha value is -0.910. The highest BCUT2D eigenvalue weighted by Gasteiger charge is 2.19. The minimum Gasteiger partial charge on any atom is -0.319 e. The van der Waals surface area contributed by atoms with E-state index in [0.717, 1.165) is 5.69 Å². The van der Waals surface area contributed by atoms with Crippen LogP contribution in [0.1, 0.15) is 17.3 Å². The average Bonchev–Trinajstić information content (AvgIpc) is 2.72. The molecule has 6 heteroatoms. The number of nitrogens with zero attached hydrogens (tertiary/aromatic N) is 2. The van der Waals surface area contributed by atoms with Crippen molar-refractivity contribution in [3.8, 4) is 0 Å². The van der Waals surface area contributed by atoms with Crippen molar-refractivity contribution in [2.24, 2.45) is 12.8 Å². The maximum Gasteiger partial charge on any atom is 0.148 e. The van der Waals surface area contributed by atoms with Gasteiger partial charge in [-0.05, 0) is 28.1 Å². The number of aryl methyl sites for hydroxylation is 1. The maximum atomic E-state index is 14.0. The lowest BCUT2D eigenvalue weighted by Crippen LogP contribution is -2.17. The number of aromatic nitrogens is 2. The first-order valence-corrected chi connectivity index (χ1v) is 6.06. The van der Waals surface area contributed by atoms with Crippen LogP contribution in [0.15, 0.2) is 28.9 Å². The first kappa shape index (κ1) is 12.5. The molecule has 1 aromatic heterocycles. The lowest BCUT2D eigenvalue weighted by Gasteiger charge is -2.14. The van der Waals surface area contributed by atoms with E-state index >= 15 is 0 Å². The Kier molecular flexibility index (Phi) is 3.51. The van der Waals surface area contributed by atoms with E-state index in [2.05, 4.69) is 21.0 Å². The van der Waals surface area contributed by atoms with Gasteiger partial charge in [-0.15, -0.1) is 0 Å². The van der Waals surface area contributed by atoms with Crippen molar-refractivity contribution in [3.63, 3.8) is 0 Å². The quantitative estimate of drug-likeness (QED) is 0.865. The van der Waals surface area contributed by atoms with Gasteiger partial charge in [0, 0.05) is 23.3 Å². The minimum atomic E-state index is -0.590. The van der Waals surface area contributed by atoms with Crippen LogP contribution in [0.25, 0.3) is 0 Å². The summed E-state index contributed by atoms with van der Waals surface area (Å²) in [6.45, 7) is 0. The molecule has 0 bridgehead atoms. The highest BCUT2D eigenvalue weighted by atomic mass is 79.9. The van der Waals surface area contributed by atoms with Crippen LogP contribution in [-0.2, 0) is 7.05 Å². The molecule has 0 radical (unpaired) electrons. The van der Waals surface area contributed by atoms with E-state index in [0.29, 0.717) is 10.0 Å². The van der Waals surface area contributed by atoms with E-state index in [1.165, 1.54) is 0 Å². The van der Waals surface area contributed by atoms with Crippen LogP contribution in [-0.4, -0.2) is 9.78 Å². The van der Waals surface area contributed by atoms with Gasteiger partial charge >= 0.3 is 0 Å². The van der Waals surface area contributed by atoms with Gasteiger partial charge in [0.1, 0.15) is 5.82 Å². The number of nitrogens with two attached hydrogens (primary N) is 1. The van der Waals surface area contributed by atoms with Gasteiger partial charge in [-0.2, -0.15) is 5.10 Å². The summed E-state index contributed by atoms with van der Waals surface area (Å²) in [5, 5.41) is 4.05. The van der Waals surface area contributed by atoms with E-state index in [9.17, 15) is 4.39 Å². The molecule has 2 N–H and O–H groups in total. The zero-order valence-electron chi connectivity index (χ0n) is 8.99. The summed E-state index contributed by atoms with van der Waals surface area (Å²) in [5.41, 5.74) is 7.08. The van der Waals surface area contributed by atoms with E-state index < -0.39 is 11.9 Å². The fourth-order valence-electron chi connectivity index (χ4n) is 1.63. The normalized spacial score (nSPS) is 12.8. The maximum absolute atomic E-state index is 14.0. The first-order valence-electron chi connectivity index (χ1n) is 4.89. The van der Waals surface area contributed by atoms with Gasteiger partial charge in [0.2, 0.25) is 0 Å². The highest BCUT2D eigenvalue weighted by Crippen LogP contribution is 2.31. The van der Waals surface area contributed by atoms with Gasteiger partial charge in [0.15, 0.2) is 0 Å². The molecule has 0 aliphatic heterocycles. The minimum absolute atomic E-state index is 0.0418. The monoisotopic (exact) mass is 317 g/mol. The van der Waals surface area contributed by atoms with Gasteiger partial charge in [0.05, 0.1) is 16.8 Å². The molecule has 1 aromatic carbocycles. The Morgan fingerprint density at radius 2 is 2.18 bits per heavy atom. The Morgan fingerprint density at radius 1 is 1.47 bits per heavy atom. The van der Waals surface area contributed by atoms with Crippen LogP contribution in [0.4, 0.5) is 4.39 Å². The molecule has 0 amide bonds. The molecule has 17 heavy (non-hydrogen) atoms. The van der Waals surface area contributed by atoms with Crippen molar-refractivity contribution in [1.29, 1.82) is 0 Å². The van der Waals surface area contributed by atoms with Crippen molar-refractivity contribution in [2.45, 2.75) is 6.04 Å². The Labute approximate surface area is 112 Å². The fraction of sp³-hybridized carbons (Fsp3) is 0.182. The average molecular weight is 319 g/mol. The largest absolute Gasteiger partial charge is 0.319 e. The molecule has 2 rings (SSSR count). The summed E-state index contributed by atoms with van der Waals surface area (Å²) >= 11 is 8.99. The molecule has 1 heterocycles. The molecular formula is C11H10BrClFN3. The van der Waals surface area contributed by atoms with E-state index in [-0.39, 0.29) is 5.02 Å². The second kappa shape index (κ2) is 4.76. The van der Waals surface area contributed by atoms with Gasteiger partial charge in [0.25, 0.3) is 0 Å². The molecule has 3 nitrogen and oxygen atoms in total. The van der Waals surface area contributed by atoms with Gasteiger partial charge in [-0.3, -0.25) is 4.68 Å². The van der Waals surface area contributed by atoms with Gasteiger partial charge < -0.3 is 5.73 Å². The lowest BCUT2D eigenvalue weighted by atomic mass is 10.0. The highest BCUT2D eigenvalue weighted by molar-refractivity contribution is 9.10. The number of hydrogen-bond donors (Lipinski definition) is 1. The van der Waals surface area contributed by atoms with Crippen molar-refractivity contribution < 1.29 is 4.39 Å². The number of hydrogen-bond acceptors (Lipinski definition) is 2. The molecule has 0 saturated heterocycles. The van der Waals surface area contributed by atoms with E-state index in [1.807, 2.05) is 0 Å². The molecule has 90 valence electrons. The van der Waals surface area contributed by atoms with E-state index in [1.54, 1.807) is 36.1 Å². The second-order valence-corrected chi connectivity index (χ2v) is 4.85. The van der Waals surface area contributed by atoms with Gasteiger partial charge in [-0.25, -0.2) is 4.39 Å². The van der Waals surface area contributed by atoms with Gasteiger partial charge in [-0.1, -0.05) is 17.7 Å². The smallest absolute Gasteiger partial charge is 0.148 e. The van der Waals surface area contributed by atoms with Crippen molar-refractivity contribution in [2.75, 3.05) is 0 Å². The van der Waals surface area contributed by atoms with Crippen LogP contribution in [0.5, 0.6) is 0 Å². The molecule has 2 aromatic rings. The topological polar surface area (TPSA) is 43.8 Å². The summed E-state index contributed by atoms with van der Waals surface area (Å²) in [5.74, 6) is -0.505. The predicted molar refractivity (Wildman–Crippen MR) is 68.3 cm³/mol. The molecular weight excluding hydrogens is 308 g/mol. The molecule has 0 spiro atoms. The molecule has 0 fully saturated rings. The number of halogens is 3. The number of benzene rings is 1. The van der Waals surface area contributed by atoms with Crippen LogP contribution in [0.2, 0.25) is 5.02 Å². The summed E-state index contributed by atoms with van der Waals surface area (Å²) in [6.07, 6.45) is 1.62. The first-order chi connectivity index (χ1) is 8.02. The number of rotatable bonds is 2. The van der Waals surface area contributed by atoms with E-state index in [4.69, 9.17) is 17.3 Å². The summed E-state index contributed by atoms with van der Waals surface area (Å²) in [4.78, 5) is 0. The Balaban J connectivity index is 2.48. The molecule has 0 aliphatic rings. The molecule has 1 unspecified atom stereocenters. The summed E-state index contributed by atoms with van der Waals surface area (Å²) in [6, 6.07) is 4.45. The van der Waals surface area contributed by atoms with Crippen molar-refractivity contribution in [1.82, 2.24) is 9.78 Å². The third-order valence-electron chi connectivity index (χ3n) is 2.58. The Morgan fingerprint density at radius 3 is 2.76 bits per heavy atom. The third kappa shape index (κ3) is 2.22. The fourth-order valence-corrected chi connectivity index (χ4v) is 2.11. The lowest BCUT2D eigenvalue weighted by molar-refractivity contribution is 0.586. The molecule has 0 aliphatic carbocycles. The van der Waals surface area contributed by atoms with Crippen LogP contribution in [0.3, 0.4) is 0 Å². The molecule has 1 atom stereocenters. The second-order valence-electron chi connectivity index (χ2n) is 3.62. The zero-order chi connectivity index (χ0) is 12.6. The molecule has 0 saturated carbocycles. The predicted octanol–water partition coefficient (Wildman–Crippen LogP) is 3.02. The third-order valence-corrected chi connectivity index (χ3v) is 3.84. The summed E-state index contributed by atoms with van der Waals surface area (Å²) in [7, 11) is 1.76. The Bertz CT molecular complexity index is 556.